The van der Waals surface area contributed by atoms with Gasteiger partial charge in [0.25, 0.3) is 0 Å². The first-order valence-electron chi connectivity index (χ1n) is 33.2. The summed E-state index contributed by atoms with van der Waals surface area (Å²) in [6, 6.07) is 0. The monoisotopic (exact) mass is 1080 g/mol. The van der Waals surface area contributed by atoms with Crippen molar-refractivity contribution in [1.82, 2.24) is 0 Å². The number of hydrogen-bond donors (Lipinski definition) is 0. The van der Waals surface area contributed by atoms with Crippen molar-refractivity contribution in [1.29, 1.82) is 0 Å². The minimum atomic E-state index is -0.811. The van der Waals surface area contributed by atoms with Crippen LogP contribution < -0.4 is 0 Å². The average Bonchev–Trinajstić information content (AvgIpc) is 3.44. The van der Waals surface area contributed by atoms with E-state index in [1.165, 1.54) is 193 Å². The summed E-state index contributed by atoms with van der Waals surface area (Å²) in [4.78, 5) is 38.4. The zero-order valence-corrected chi connectivity index (χ0v) is 51.4. The summed E-state index contributed by atoms with van der Waals surface area (Å²) in [5, 5.41) is 0. The van der Waals surface area contributed by atoms with Crippen LogP contribution in [0, 0.1) is 0 Å². The Balaban J connectivity index is 4.46. The molecule has 0 heterocycles. The van der Waals surface area contributed by atoms with Crippen molar-refractivity contribution in [3.63, 3.8) is 0 Å². The molecule has 0 bridgehead atoms. The van der Waals surface area contributed by atoms with Crippen LogP contribution in [-0.2, 0) is 28.6 Å². The van der Waals surface area contributed by atoms with E-state index in [4.69, 9.17) is 14.2 Å². The first-order chi connectivity index (χ1) is 38.5. The van der Waals surface area contributed by atoms with E-state index in [-0.39, 0.29) is 37.5 Å². The van der Waals surface area contributed by atoms with Crippen molar-refractivity contribution in [2.24, 2.45) is 0 Å². The van der Waals surface area contributed by atoms with Gasteiger partial charge in [-0.15, -0.1) is 0 Å². The number of allylic oxidation sites excluding steroid dienone is 16. The quantitative estimate of drug-likeness (QED) is 0.0261. The Bertz CT molecular complexity index is 1530. The second-order valence-corrected chi connectivity index (χ2v) is 22.0. The van der Waals surface area contributed by atoms with Gasteiger partial charge in [0.1, 0.15) is 13.2 Å². The van der Waals surface area contributed by atoms with E-state index < -0.39 is 6.10 Å². The molecule has 0 N–H and O–H groups in total. The van der Waals surface area contributed by atoms with Crippen LogP contribution in [0.3, 0.4) is 0 Å². The Hall–Kier alpha value is -3.67. The molecule has 0 aliphatic carbocycles. The first kappa shape index (κ1) is 74.3. The number of rotatable bonds is 60. The van der Waals surface area contributed by atoms with E-state index in [1.54, 1.807) is 0 Å². The van der Waals surface area contributed by atoms with E-state index in [0.29, 0.717) is 19.3 Å². The standard InChI is InChI=1S/C72H124O6/c1-4-7-10-13-16-19-22-25-28-31-34-36-39-41-44-47-50-53-56-59-62-65-71(74)77-68-69(67-76-70(73)64-61-58-55-52-49-46-43-40-37-33-30-27-24-21-18-15-12-9-6-3)78-72(75)66-63-60-57-54-51-48-45-42-38-35-32-29-26-23-20-17-14-11-8-5-2/h9,12,18,21-22,25,27,30-31,34,37,40,46,49,55,58,69H,4-8,10-11,13-17,19-20,23-24,26,28-29,32-33,35-36,38-39,41-45,47-48,50-54,56-57,59-68H2,1-3H3/b12-9-,21-18-,25-22-,30-27-,34-31-,40-37-,49-46-,58-55-. The Morgan fingerprint density at radius 2 is 0.526 bits per heavy atom. The van der Waals surface area contributed by atoms with Crippen molar-refractivity contribution < 1.29 is 28.6 Å². The number of carbonyl (C=O) groups excluding carboxylic acids is 3. The summed E-state index contributed by atoms with van der Waals surface area (Å²) >= 11 is 0. The minimum absolute atomic E-state index is 0.101. The number of esters is 3. The van der Waals surface area contributed by atoms with Crippen LogP contribution in [0.1, 0.15) is 323 Å². The molecule has 0 aromatic heterocycles. The smallest absolute Gasteiger partial charge is 0.306 e. The molecule has 78 heavy (non-hydrogen) atoms. The molecule has 0 aromatic carbocycles. The Morgan fingerprint density at radius 3 is 0.859 bits per heavy atom. The van der Waals surface area contributed by atoms with Crippen molar-refractivity contribution in [2.75, 3.05) is 13.2 Å². The van der Waals surface area contributed by atoms with Gasteiger partial charge in [-0.05, 0) is 89.9 Å². The molecule has 0 amide bonds. The third kappa shape index (κ3) is 63.2. The van der Waals surface area contributed by atoms with Gasteiger partial charge in [-0.3, -0.25) is 14.4 Å². The van der Waals surface area contributed by atoms with Crippen LogP contribution in [0.25, 0.3) is 0 Å². The maximum atomic E-state index is 12.9. The summed E-state index contributed by atoms with van der Waals surface area (Å²) in [6.07, 6.45) is 88.6. The van der Waals surface area contributed by atoms with Crippen LogP contribution in [0.4, 0.5) is 0 Å². The summed E-state index contributed by atoms with van der Waals surface area (Å²) in [6.45, 7) is 6.49. The van der Waals surface area contributed by atoms with Crippen molar-refractivity contribution >= 4 is 17.9 Å². The molecule has 0 rings (SSSR count). The van der Waals surface area contributed by atoms with Gasteiger partial charge < -0.3 is 14.2 Å². The molecule has 0 aromatic rings. The molecule has 6 nitrogen and oxygen atoms in total. The lowest BCUT2D eigenvalue weighted by Gasteiger charge is -2.18. The second-order valence-electron chi connectivity index (χ2n) is 22.0. The maximum absolute atomic E-state index is 12.9. The fourth-order valence-corrected chi connectivity index (χ4v) is 9.38. The Labute approximate surface area is 483 Å². The van der Waals surface area contributed by atoms with Gasteiger partial charge in [0, 0.05) is 19.3 Å². The lowest BCUT2D eigenvalue weighted by molar-refractivity contribution is -0.166. The molecule has 0 fully saturated rings. The summed E-state index contributed by atoms with van der Waals surface area (Å²) in [5.74, 6) is -0.978. The number of hydrogen-bond acceptors (Lipinski definition) is 6. The average molecular weight is 1090 g/mol. The lowest BCUT2D eigenvalue weighted by Crippen LogP contribution is -2.30. The highest BCUT2D eigenvalue weighted by Crippen LogP contribution is 2.17. The highest BCUT2D eigenvalue weighted by Gasteiger charge is 2.19. The molecule has 0 saturated heterocycles. The zero-order chi connectivity index (χ0) is 56.4. The van der Waals surface area contributed by atoms with Gasteiger partial charge in [-0.25, -0.2) is 0 Å². The normalized spacial score (nSPS) is 12.7. The van der Waals surface area contributed by atoms with Crippen LogP contribution in [0.2, 0.25) is 0 Å². The molecule has 448 valence electrons. The van der Waals surface area contributed by atoms with Crippen LogP contribution in [0.5, 0.6) is 0 Å². The van der Waals surface area contributed by atoms with Crippen molar-refractivity contribution in [3.8, 4) is 0 Å². The predicted octanol–water partition coefficient (Wildman–Crippen LogP) is 22.8. The Kier molecular flexibility index (Phi) is 62.7. The largest absolute Gasteiger partial charge is 0.462 e. The summed E-state index contributed by atoms with van der Waals surface area (Å²) < 4.78 is 16.9. The Morgan fingerprint density at radius 1 is 0.269 bits per heavy atom. The van der Waals surface area contributed by atoms with E-state index in [9.17, 15) is 14.4 Å². The first-order valence-corrected chi connectivity index (χ1v) is 33.2. The van der Waals surface area contributed by atoms with Gasteiger partial charge in [0.05, 0.1) is 0 Å². The molecule has 0 spiro atoms. The van der Waals surface area contributed by atoms with Crippen LogP contribution in [0.15, 0.2) is 97.2 Å². The highest BCUT2D eigenvalue weighted by molar-refractivity contribution is 5.71. The molecular formula is C72H124O6. The van der Waals surface area contributed by atoms with Crippen molar-refractivity contribution in [2.45, 2.75) is 329 Å². The minimum Gasteiger partial charge on any atom is -0.462 e. The number of carbonyl (C=O) groups is 3. The van der Waals surface area contributed by atoms with Gasteiger partial charge in [0.2, 0.25) is 0 Å². The molecule has 1 atom stereocenters. The highest BCUT2D eigenvalue weighted by atomic mass is 16.6. The molecule has 0 radical (unpaired) electrons. The number of ether oxygens (including phenoxy) is 3. The molecule has 6 heteroatoms. The predicted molar refractivity (Wildman–Crippen MR) is 339 cm³/mol. The fraction of sp³-hybridized carbons (Fsp3) is 0.736. The van der Waals surface area contributed by atoms with Gasteiger partial charge >= 0.3 is 17.9 Å². The fourth-order valence-electron chi connectivity index (χ4n) is 9.38. The third-order valence-electron chi connectivity index (χ3n) is 14.3. The van der Waals surface area contributed by atoms with Crippen LogP contribution in [-0.4, -0.2) is 37.2 Å². The summed E-state index contributed by atoms with van der Waals surface area (Å²) in [5.41, 5.74) is 0. The SMILES string of the molecule is CC/C=C\C/C=C\C/C=C\C/C=C\C/C=C\C/C=C\CCC(=O)OCC(COC(=O)CCCCCCCCCCC/C=C\C/C=C\CCCCCCC)OC(=O)CCCCCCCCCCCCCCCCCCCCCC. The van der Waals surface area contributed by atoms with Crippen molar-refractivity contribution in [3.05, 3.63) is 97.2 Å². The van der Waals surface area contributed by atoms with Gasteiger partial charge in [-0.2, -0.15) is 0 Å². The van der Waals surface area contributed by atoms with Gasteiger partial charge in [-0.1, -0.05) is 311 Å². The maximum Gasteiger partial charge on any atom is 0.306 e. The lowest BCUT2D eigenvalue weighted by atomic mass is 10.0. The topological polar surface area (TPSA) is 78.9 Å². The number of unbranched alkanes of at least 4 members (excludes halogenated alkanes) is 33. The molecular weight excluding hydrogens is 961 g/mol. The molecule has 0 aliphatic rings. The van der Waals surface area contributed by atoms with Gasteiger partial charge in [0.15, 0.2) is 6.10 Å². The molecule has 0 aliphatic heterocycles. The third-order valence-corrected chi connectivity index (χ3v) is 14.3. The van der Waals surface area contributed by atoms with E-state index in [1.807, 2.05) is 6.08 Å². The second kappa shape index (κ2) is 65.8. The summed E-state index contributed by atoms with van der Waals surface area (Å²) in [7, 11) is 0. The molecule has 1 unspecified atom stereocenters. The van der Waals surface area contributed by atoms with E-state index in [2.05, 4.69) is 112 Å². The van der Waals surface area contributed by atoms with E-state index >= 15 is 0 Å². The zero-order valence-electron chi connectivity index (χ0n) is 51.4. The van der Waals surface area contributed by atoms with E-state index in [0.717, 1.165) is 83.5 Å². The molecule has 0 saturated carbocycles. The van der Waals surface area contributed by atoms with Crippen LogP contribution >= 0.6 is 0 Å².